The van der Waals surface area contributed by atoms with Crippen molar-refractivity contribution in [3.63, 3.8) is 0 Å². The third-order valence-corrected chi connectivity index (χ3v) is 3.80. The molecule has 0 aliphatic heterocycles. The molecule has 0 spiro atoms. The molecule has 0 radical (unpaired) electrons. The molecule has 0 aliphatic carbocycles. The van der Waals surface area contributed by atoms with E-state index >= 15 is 0 Å². The number of aromatic nitrogens is 2. The molecule has 6 heteroatoms. The highest BCUT2D eigenvalue weighted by molar-refractivity contribution is 7.15. The maximum Gasteiger partial charge on any atom is 0.205 e. The molecule has 1 aromatic heterocycles. The predicted octanol–water partition coefficient (Wildman–Crippen LogP) is 3.63. The number of nitrogens with zero attached hydrogens (tertiary/aromatic N) is 2. The van der Waals surface area contributed by atoms with E-state index in [2.05, 4.69) is 15.5 Å². The van der Waals surface area contributed by atoms with Crippen molar-refractivity contribution >= 4 is 28.1 Å². The average Bonchev–Trinajstić information content (AvgIpc) is 2.88. The Balaban J connectivity index is 1.63. The van der Waals surface area contributed by atoms with Gasteiger partial charge in [-0.25, -0.2) is 0 Å². The molecular weight excluding hydrogens is 282 g/mol. The van der Waals surface area contributed by atoms with E-state index in [9.17, 15) is 0 Å². The Kier molecular flexibility index (Phi) is 5.42. The van der Waals surface area contributed by atoms with Gasteiger partial charge in [0, 0.05) is 18.5 Å². The smallest absolute Gasteiger partial charge is 0.205 e. The number of benzene rings is 1. The monoisotopic (exact) mass is 297 g/mol. The van der Waals surface area contributed by atoms with Crippen LogP contribution in [0, 0.1) is 0 Å². The Hall–Kier alpha value is -1.33. The zero-order chi connectivity index (χ0) is 13.5. The van der Waals surface area contributed by atoms with Crippen molar-refractivity contribution in [2.75, 3.05) is 19.0 Å². The Labute approximate surface area is 121 Å². The largest absolute Gasteiger partial charge is 0.494 e. The van der Waals surface area contributed by atoms with Crippen LogP contribution in [0.15, 0.2) is 24.3 Å². The molecule has 0 saturated carbocycles. The highest BCUT2D eigenvalue weighted by Gasteiger charge is 2.02. The molecule has 1 heterocycles. The average molecular weight is 298 g/mol. The van der Waals surface area contributed by atoms with Crippen LogP contribution >= 0.6 is 22.9 Å². The van der Waals surface area contributed by atoms with Gasteiger partial charge in [0.05, 0.1) is 6.61 Å². The zero-order valence-electron chi connectivity index (χ0n) is 10.7. The minimum absolute atomic E-state index is 0.708. The third kappa shape index (κ3) is 4.69. The van der Waals surface area contributed by atoms with Gasteiger partial charge in [-0.1, -0.05) is 22.9 Å². The molecule has 0 bridgehead atoms. The van der Waals surface area contributed by atoms with Gasteiger partial charge in [0.1, 0.15) is 10.8 Å². The van der Waals surface area contributed by atoms with Gasteiger partial charge in [0.25, 0.3) is 0 Å². The van der Waals surface area contributed by atoms with Gasteiger partial charge >= 0.3 is 0 Å². The molecular formula is C13H16ClN3OS. The van der Waals surface area contributed by atoms with Crippen molar-refractivity contribution in [2.24, 2.45) is 0 Å². The topological polar surface area (TPSA) is 47.0 Å². The van der Waals surface area contributed by atoms with E-state index in [0.29, 0.717) is 6.61 Å². The van der Waals surface area contributed by atoms with Crippen molar-refractivity contribution in [2.45, 2.75) is 19.3 Å². The van der Waals surface area contributed by atoms with Crippen LogP contribution in [-0.4, -0.2) is 23.9 Å². The van der Waals surface area contributed by atoms with E-state index in [1.54, 1.807) is 11.3 Å². The van der Waals surface area contributed by atoms with Crippen LogP contribution in [0.4, 0.5) is 5.13 Å². The number of halogens is 1. The van der Waals surface area contributed by atoms with Crippen molar-refractivity contribution in [1.82, 2.24) is 10.2 Å². The highest BCUT2D eigenvalue weighted by Crippen LogP contribution is 2.17. The van der Waals surface area contributed by atoms with Crippen LogP contribution in [0.5, 0.6) is 5.75 Å². The molecule has 1 N–H and O–H groups in total. The molecule has 0 atom stereocenters. The lowest BCUT2D eigenvalue weighted by molar-refractivity contribution is 0.307. The standard InChI is InChI=1S/C13H16ClN3OS/c1-15-13-17-16-12(19-13)4-2-3-9-18-11-7-5-10(14)6-8-11/h5-8H,2-4,9H2,1H3,(H,15,17). The second-order valence-corrected chi connectivity index (χ2v) is 5.51. The van der Waals surface area contributed by atoms with Crippen molar-refractivity contribution < 1.29 is 4.74 Å². The SMILES string of the molecule is CNc1nnc(CCCCOc2ccc(Cl)cc2)s1. The Morgan fingerprint density at radius 1 is 1.21 bits per heavy atom. The number of ether oxygens (including phenoxy) is 1. The summed E-state index contributed by atoms with van der Waals surface area (Å²) in [5, 5.41) is 13.7. The van der Waals surface area contributed by atoms with E-state index in [-0.39, 0.29) is 0 Å². The van der Waals surface area contributed by atoms with E-state index in [1.165, 1.54) is 0 Å². The Morgan fingerprint density at radius 3 is 2.68 bits per heavy atom. The maximum atomic E-state index is 5.80. The first-order valence-electron chi connectivity index (χ1n) is 6.16. The molecule has 1 aromatic carbocycles. The first-order valence-corrected chi connectivity index (χ1v) is 7.36. The quantitative estimate of drug-likeness (QED) is 0.793. The van der Waals surface area contributed by atoms with Crippen LogP contribution in [0.1, 0.15) is 17.8 Å². The van der Waals surface area contributed by atoms with Gasteiger partial charge in [-0.3, -0.25) is 0 Å². The summed E-state index contributed by atoms with van der Waals surface area (Å²) in [6.45, 7) is 0.708. The molecule has 2 rings (SSSR count). The molecule has 19 heavy (non-hydrogen) atoms. The van der Waals surface area contributed by atoms with E-state index in [4.69, 9.17) is 16.3 Å². The number of nitrogens with one attached hydrogen (secondary N) is 1. The van der Waals surface area contributed by atoms with Gasteiger partial charge in [0.2, 0.25) is 5.13 Å². The second-order valence-electron chi connectivity index (χ2n) is 4.01. The lowest BCUT2D eigenvalue weighted by Gasteiger charge is -2.05. The minimum Gasteiger partial charge on any atom is -0.494 e. The summed E-state index contributed by atoms with van der Waals surface area (Å²) < 4.78 is 5.62. The first-order chi connectivity index (χ1) is 9.28. The summed E-state index contributed by atoms with van der Waals surface area (Å²) in [5.41, 5.74) is 0. The Bertz CT molecular complexity index is 501. The number of aryl methyl sites for hydroxylation is 1. The molecule has 0 unspecified atom stereocenters. The molecule has 0 amide bonds. The zero-order valence-corrected chi connectivity index (χ0v) is 12.3. The van der Waals surface area contributed by atoms with Crippen LogP contribution in [0.2, 0.25) is 5.02 Å². The molecule has 4 nitrogen and oxygen atoms in total. The van der Waals surface area contributed by atoms with Gasteiger partial charge in [-0.2, -0.15) is 0 Å². The third-order valence-electron chi connectivity index (χ3n) is 2.55. The number of unbranched alkanes of at least 4 members (excludes halogenated alkanes) is 1. The summed E-state index contributed by atoms with van der Waals surface area (Å²) in [4.78, 5) is 0. The van der Waals surface area contributed by atoms with Crippen molar-refractivity contribution in [1.29, 1.82) is 0 Å². The molecule has 0 saturated heterocycles. The number of hydrogen-bond donors (Lipinski definition) is 1. The fourth-order valence-electron chi connectivity index (χ4n) is 1.55. The van der Waals surface area contributed by atoms with Gasteiger partial charge < -0.3 is 10.1 Å². The highest BCUT2D eigenvalue weighted by atomic mass is 35.5. The number of hydrogen-bond acceptors (Lipinski definition) is 5. The van der Waals surface area contributed by atoms with Crippen LogP contribution in [0.25, 0.3) is 0 Å². The minimum atomic E-state index is 0.708. The summed E-state index contributed by atoms with van der Waals surface area (Å²) in [5.74, 6) is 0.859. The van der Waals surface area contributed by atoms with Crippen molar-refractivity contribution in [3.8, 4) is 5.75 Å². The van der Waals surface area contributed by atoms with E-state index in [0.717, 1.165) is 40.2 Å². The summed E-state index contributed by atoms with van der Waals surface area (Å²) in [6.07, 6.45) is 2.99. The van der Waals surface area contributed by atoms with Crippen LogP contribution in [-0.2, 0) is 6.42 Å². The van der Waals surface area contributed by atoms with Gasteiger partial charge in [0.15, 0.2) is 0 Å². The lowest BCUT2D eigenvalue weighted by Crippen LogP contribution is -1.98. The maximum absolute atomic E-state index is 5.80. The summed E-state index contributed by atoms with van der Waals surface area (Å²) >= 11 is 7.40. The van der Waals surface area contributed by atoms with Gasteiger partial charge in [-0.15, -0.1) is 10.2 Å². The summed E-state index contributed by atoms with van der Waals surface area (Å²) in [6, 6.07) is 7.42. The molecule has 0 fully saturated rings. The van der Waals surface area contributed by atoms with Crippen LogP contribution in [0.3, 0.4) is 0 Å². The van der Waals surface area contributed by atoms with Gasteiger partial charge in [-0.05, 0) is 37.1 Å². The fraction of sp³-hybridized carbons (Fsp3) is 0.385. The molecule has 2 aromatic rings. The van der Waals surface area contributed by atoms with E-state index < -0.39 is 0 Å². The number of rotatable bonds is 7. The van der Waals surface area contributed by atoms with Crippen LogP contribution < -0.4 is 10.1 Å². The fourth-order valence-corrected chi connectivity index (χ4v) is 2.42. The molecule has 102 valence electrons. The molecule has 0 aliphatic rings. The van der Waals surface area contributed by atoms with Crippen molar-refractivity contribution in [3.05, 3.63) is 34.3 Å². The second kappa shape index (κ2) is 7.31. The first kappa shape index (κ1) is 14.1. The lowest BCUT2D eigenvalue weighted by atomic mass is 10.2. The predicted molar refractivity (Wildman–Crippen MR) is 79.3 cm³/mol. The van der Waals surface area contributed by atoms with E-state index in [1.807, 2.05) is 31.3 Å². The number of anilines is 1. The Morgan fingerprint density at radius 2 is 2.00 bits per heavy atom. The normalized spacial score (nSPS) is 10.4. The summed E-state index contributed by atoms with van der Waals surface area (Å²) in [7, 11) is 1.85.